The highest BCUT2D eigenvalue weighted by molar-refractivity contribution is 5.88. The van der Waals surface area contributed by atoms with E-state index in [1.807, 2.05) is 0 Å². The van der Waals surface area contributed by atoms with Crippen LogP contribution in [0.2, 0.25) is 0 Å². The zero-order chi connectivity index (χ0) is 22.0. The van der Waals surface area contributed by atoms with Crippen molar-refractivity contribution in [2.45, 2.75) is 84.8 Å². The van der Waals surface area contributed by atoms with Gasteiger partial charge in [0.25, 0.3) is 0 Å². The molecule has 1 unspecified atom stereocenters. The van der Waals surface area contributed by atoms with Crippen molar-refractivity contribution in [3.63, 3.8) is 0 Å². The third-order valence-corrected chi connectivity index (χ3v) is 6.96. The lowest BCUT2D eigenvalue weighted by Crippen LogP contribution is -2.34. The molecule has 4 rings (SSSR count). The van der Waals surface area contributed by atoms with E-state index in [9.17, 15) is 0 Å². The molecule has 1 atom stereocenters. The van der Waals surface area contributed by atoms with E-state index in [2.05, 4.69) is 92.7 Å². The molecule has 0 saturated carbocycles. The van der Waals surface area contributed by atoms with E-state index < -0.39 is 0 Å². The molecule has 0 saturated heterocycles. The highest BCUT2D eigenvalue weighted by Crippen LogP contribution is 2.44. The molecule has 1 aromatic heterocycles. The highest BCUT2D eigenvalue weighted by atomic mass is 15.5. The van der Waals surface area contributed by atoms with Crippen LogP contribution in [0.3, 0.4) is 0 Å². The first kappa shape index (κ1) is 21.6. The molecule has 0 radical (unpaired) electrons. The number of rotatable bonds is 7. The van der Waals surface area contributed by atoms with Crippen molar-refractivity contribution in [2.24, 2.45) is 0 Å². The molecule has 164 valence electrons. The minimum atomic E-state index is -0.0399. The molecule has 0 aliphatic carbocycles. The fraction of sp³-hybridized carbons (Fsp3) is 0.481. The zero-order valence-electron chi connectivity index (χ0n) is 19.7. The Kier molecular flexibility index (Phi) is 6.17. The third-order valence-electron chi connectivity index (χ3n) is 6.96. The Hall–Kier alpha value is -2.62. The van der Waals surface area contributed by atoms with Gasteiger partial charge in [-0.3, -0.25) is 0 Å². The molecule has 2 heterocycles. The quantitative estimate of drug-likeness (QED) is 0.414. The van der Waals surface area contributed by atoms with E-state index in [1.54, 1.807) is 0 Å². The molecule has 0 N–H and O–H groups in total. The van der Waals surface area contributed by atoms with Gasteiger partial charge in [0.1, 0.15) is 5.69 Å². The topological polar surface area (TPSA) is 34.0 Å². The van der Waals surface area contributed by atoms with Crippen LogP contribution in [0.5, 0.6) is 0 Å². The van der Waals surface area contributed by atoms with Crippen molar-refractivity contribution in [3.05, 3.63) is 54.1 Å². The molecular weight excluding hydrogens is 380 g/mol. The Morgan fingerprint density at radius 1 is 0.935 bits per heavy atom. The molecule has 1 aliphatic heterocycles. The average Bonchev–Trinajstić information content (AvgIpc) is 3.22. The second-order valence-corrected chi connectivity index (χ2v) is 9.25. The maximum Gasteiger partial charge on any atom is 0.123 e. The number of fused-ring (bicyclic) bond motifs is 5. The van der Waals surface area contributed by atoms with Crippen LogP contribution in [0, 0.1) is 0 Å². The normalized spacial score (nSPS) is 14.3. The minimum absolute atomic E-state index is 0.0399. The van der Waals surface area contributed by atoms with Gasteiger partial charge in [-0.25, -0.2) is 4.68 Å². The summed E-state index contributed by atoms with van der Waals surface area (Å²) in [5.41, 5.74) is 7.20. The summed E-state index contributed by atoms with van der Waals surface area (Å²) in [5.74, 6) is 0. The van der Waals surface area contributed by atoms with Gasteiger partial charge in [0.15, 0.2) is 0 Å². The second kappa shape index (κ2) is 8.86. The summed E-state index contributed by atoms with van der Waals surface area (Å²) in [6, 6.07) is 18.0. The zero-order valence-corrected chi connectivity index (χ0v) is 19.7. The van der Waals surface area contributed by atoms with Gasteiger partial charge in [0.05, 0.1) is 11.2 Å². The molecule has 0 fully saturated rings. The molecule has 0 bridgehead atoms. The first-order chi connectivity index (χ1) is 15.0. The molecule has 2 aromatic carbocycles. The SMILES string of the molecule is CCCC(C)(CCC)n1nnc2c1-c1ccccc1CN(C(C)CC)c1ccccc1-2. The van der Waals surface area contributed by atoms with Gasteiger partial charge in [-0.1, -0.05) is 81.3 Å². The van der Waals surface area contributed by atoms with E-state index in [0.717, 1.165) is 44.3 Å². The minimum Gasteiger partial charge on any atom is -0.364 e. The van der Waals surface area contributed by atoms with Crippen molar-refractivity contribution in [2.75, 3.05) is 4.90 Å². The van der Waals surface area contributed by atoms with Gasteiger partial charge >= 0.3 is 0 Å². The summed E-state index contributed by atoms with van der Waals surface area (Å²) in [4.78, 5) is 2.54. The summed E-state index contributed by atoms with van der Waals surface area (Å²) in [6.07, 6.45) is 5.55. The van der Waals surface area contributed by atoms with Crippen LogP contribution in [-0.4, -0.2) is 21.0 Å². The van der Waals surface area contributed by atoms with Crippen molar-refractivity contribution < 1.29 is 0 Å². The first-order valence-corrected chi connectivity index (χ1v) is 11.9. The predicted molar refractivity (Wildman–Crippen MR) is 130 cm³/mol. The molecule has 4 heteroatoms. The summed E-state index contributed by atoms with van der Waals surface area (Å²) < 4.78 is 2.25. The number of hydrogen-bond acceptors (Lipinski definition) is 3. The first-order valence-electron chi connectivity index (χ1n) is 11.9. The van der Waals surface area contributed by atoms with E-state index in [0.29, 0.717) is 6.04 Å². The van der Waals surface area contributed by atoms with E-state index >= 15 is 0 Å². The van der Waals surface area contributed by atoms with Crippen LogP contribution < -0.4 is 4.90 Å². The molecular formula is C27H36N4. The van der Waals surface area contributed by atoms with Crippen LogP contribution in [-0.2, 0) is 12.1 Å². The van der Waals surface area contributed by atoms with Crippen molar-refractivity contribution >= 4 is 5.69 Å². The van der Waals surface area contributed by atoms with Gasteiger partial charge in [0, 0.05) is 29.4 Å². The lowest BCUT2D eigenvalue weighted by Gasteiger charge is -2.36. The summed E-state index contributed by atoms with van der Waals surface area (Å²) in [7, 11) is 0. The highest BCUT2D eigenvalue weighted by Gasteiger charge is 2.34. The van der Waals surface area contributed by atoms with Gasteiger partial charge in [-0.2, -0.15) is 0 Å². The van der Waals surface area contributed by atoms with Crippen molar-refractivity contribution in [1.82, 2.24) is 15.0 Å². The number of para-hydroxylation sites is 1. The predicted octanol–water partition coefficient (Wildman–Crippen LogP) is 7.05. The number of hydrogen-bond donors (Lipinski definition) is 0. The fourth-order valence-corrected chi connectivity index (χ4v) is 5.19. The molecule has 31 heavy (non-hydrogen) atoms. The van der Waals surface area contributed by atoms with Crippen LogP contribution in [0.4, 0.5) is 5.69 Å². The second-order valence-electron chi connectivity index (χ2n) is 9.25. The third kappa shape index (κ3) is 3.77. The van der Waals surface area contributed by atoms with E-state index in [-0.39, 0.29) is 5.54 Å². The number of anilines is 1. The van der Waals surface area contributed by atoms with Crippen LogP contribution in [0.25, 0.3) is 22.5 Å². The van der Waals surface area contributed by atoms with Gasteiger partial charge in [-0.05, 0) is 44.7 Å². The monoisotopic (exact) mass is 416 g/mol. The summed E-state index contributed by atoms with van der Waals surface area (Å²) in [5, 5.41) is 9.66. The van der Waals surface area contributed by atoms with Crippen LogP contribution in [0.15, 0.2) is 48.5 Å². The molecule has 3 aromatic rings. The summed E-state index contributed by atoms with van der Waals surface area (Å²) >= 11 is 0. The number of nitrogens with zero attached hydrogens (tertiary/aromatic N) is 4. The van der Waals surface area contributed by atoms with Gasteiger partial charge < -0.3 is 4.90 Å². The molecule has 0 amide bonds. The van der Waals surface area contributed by atoms with Crippen LogP contribution in [0.1, 0.15) is 72.3 Å². The fourth-order valence-electron chi connectivity index (χ4n) is 5.19. The lowest BCUT2D eigenvalue weighted by atomic mass is 9.88. The Morgan fingerprint density at radius 3 is 2.26 bits per heavy atom. The largest absolute Gasteiger partial charge is 0.364 e. The van der Waals surface area contributed by atoms with E-state index in [1.165, 1.54) is 28.1 Å². The average molecular weight is 417 g/mol. The molecule has 1 aliphatic rings. The van der Waals surface area contributed by atoms with Gasteiger partial charge in [-0.15, -0.1) is 5.10 Å². The Morgan fingerprint density at radius 2 is 1.58 bits per heavy atom. The van der Waals surface area contributed by atoms with E-state index in [4.69, 9.17) is 10.3 Å². The Balaban J connectivity index is 2.03. The smallest absolute Gasteiger partial charge is 0.123 e. The number of aromatic nitrogens is 3. The molecule has 0 spiro atoms. The van der Waals surface area contributed by atoms with Crippen molar-refractivity contribution in [1.29, 1.82) is 0 Å². The molecule has 4 nitrogen and oxygen atoms in total. The van der Waals surface area contributed by atoms with Crippen molar-refractivity contribution in [3.8, 4) is 22.5 Å². The standard InChI is InChI=1S/C27H36N4/c1-6-17-27(5,18-7-2)31-26-22-14-10-9-13-21(22)19-30(20(4)8-3)24-16-12-11-15-23(24)25(26)28-29-31/h9-16,20H,6-8,17-19H2,1-5H3. The maximum atomic E-state index is 4.84. The summed E-state index contributed by atoms with van der Waals surface area (Å²) in [6.45, 7) is 12.4. The maximum absolute atomic E-state index is 4.84. The lowest BCUT2D eigenvalue weighted by molar-refractivity contribution is 0.237. The van der Waals surface area contributed by atoms with Crippen LogP contribution >= 0.6 is 0 Å². The van der Waals surface area contributed by atoms with Gasteiger partial charge in [0.2, 0.25) is 0 Å². The number of benzene rings is 2. The Labute approximate surface area is 187 Å². The Bertz CT molecular complexity index is 1030.